The number of esters is 2. The zero-order valence-electron chi connectivity index (χ0n) is 29.3. The molecule has 1 aliphatic rings. The average molecular weight is 709 g/mol. The van der Waals surface area contributed by atoms with Crippen LogP contribution in [-0.2, 0) is 38.7 Å². The maximum absolute atomic E-state index is 12.6. The van der Waals surface area contributed by atoms with Crippen molar-refractivity contribution in [2.24, 2.45) is 0 Å². The van der Waals surface area contributed by atoms with Gasteiger partial charge >= 0.3 is 11.9 Å². The van der Waals surface area contributed by atoms with Gasteiger partial charge in [-0.3, -0.25) is 14.1 Å². The molecule has 2 unspecified atom stereocenters. The highest BCUT2D eigenvalue weighted by Crippen LogP contribution is 2.24. The first-order chi connectivity index (χ1) is 23.0. The number of hydrogen-bond acceptors (Lipinski definition) is 11. The summed E-state index contributed by atoms with van der Waals surface area (Å²) in [4.78, 5) is 25.0. The van der Waals surface area contributed by atoms with Gasteiger partial charge < -0.3 is 34.3 Å². The third kappa shape index (κ3) is 22.2. The summed E-state index contributed by atoms with van der Waals surface area (Å²) in [7, 11) is -4.59. The third-order valence-electron chi connectivity index (χ3n) is 8.35. The van der Waals surface area contributed by atoms with Crippen LogP contribution in [0.1, 0.15) is 142 Å². The zero-order valence-corrected chi connectivity index (χ0v) is 30.2. The van der Waals surface area contributed by atoms with Gasteiger partial charge in [0.05, 0.1) is 6.61 Å². The van der Waals surface area contributed by atoms with Gasteiger partial charge in [0.15, 0.2) is 12.4 Å². The van der Waals surface area contributed by atoms with E-state index in [9.17, 15) is 33.3 Å². The number of ether oxygens (including phenoxy) is 4. The Morgan fingerprint density at radius 3 is 1.75 bits per heavy atom. The number of carbonyl (C=O) groups is 2. The molecule has 1 rings (SSSR count). The first-order valence-electron chi connectivity index (χ1n) is 18.2. The fourth-order valence-corrected chi connectivity index (χ4v) is 6.12. The first kappa shape index (κ1) is 44.4. The molecule has 0 bridgehead atoms. The van der Waals surface area contributed by atoms with Crippen molar-refractivity contribution < 1.29 is 56.8 Å². The highest BCUT2D eigenvalue weighted by molar-refractivity contribution is 7.85. The van der Waals surface area contributed by atoms with Gasteiger partial charge in [0, 0.05) is 12.8 Å². The lowest BCUT2D eigenvalue weighted by Crippen LogP contribution is -2.60. The fourth-order valence-electron chi connectivity index (χ4n) is 5.43. The van der Waals surface area contributed by atoms with Gasteiger partial charge in [0.25, 0.3) is 10.1 Å². The summed E-state index contributed by atoms with van der Waals surface area (Å²) in [5.41, 5.74) is 0. The molecule has 0 aromatic heterocycles. The Morgan fingerprint density at radius 2 is 1.19 bits per heavy atom. The van der Waals surface area contributed by atoms with Crippen LogP contribution in [0.3, 0.4) is 0 Å². The highest BCUT2D eigenvalue weighted by Gasteiger charge is 2.46. The van der Waals surface area contributed by atoms with E-state index < -0.39 is 71.2 Å². The van der Waals surface area contributed by atoms with Crippen molar-refractivity contribution in [2.45, 2.75) is 179 Å². The molecule has 13 heteroatoms. The largest absolute Gasteiger partial charge is 0.462 e. The fraction of sp³-hybridized carbons (Fsp3) is 0.886. The SMILES string of the molecule is CCCCCC/C=C/CCCCCCCC(=O)OC[C@H](CO[C@@H]1O[C@@H](CS(=O)(=O)O)[C@H](O)C(O)C1O)OC(=O)CCCCCCCCC. The molecule has 0 saturated carbocycles. The van der Waals surface area contributed by atoms with Gasteiger partial charge in [-0.05, 0) is 38.5 Å². The Labute approximate surface area is 288 Å². The quantitative estimate of drug-likeness (QED) is 0.0329. The van der Waals surface area contributed by atoms with Gasteiger partial charge in [-0.1, -0.05) is 103 Å². The highest BCUT2D eigenvalue weighted by atomic mass is 32.2. The number of rotatable bonds is 29. The molecule has 4 N–H and O–H groups in total. The summed E-state index contributed by atoms with van der Waals surface area (Å²) in [5, 5.41) is 30.6. The number of aliphatic hydroxyl groups excluding tert-OH is 3. The van der Waals surface area contributed by atoms with Crippen molar-refractivity contribution >= 4 is 22.1 Å². The molecule has 12 nitrogen and oxygen atoms in total. The summed E-state index contributed by atoms with van der Waals surface area (Å²) in [6, 6.07) is 0. The number of allylic oxidation sites excluding steroid dienone is 2. The Kier molecular flexibility index (Phi) is 25.1. The van der Waals surface area contributed by atoms with E-state index in [-0.39, 0.29) is 19.4 Å². The molecule has 6 atom stereocenters. The van der Waals surface area contributed by atoms with Crippen LogP contribution in [0.25, 0.3) is 0 Å². The summed E-state index contributed by atoms with van der Waals surface area (Å²) in [6.07, 6.45) is 14.5. The zero-order chi connectivity index (χ0) is 35.6. The molecule has 0 aromatic carbocycles. The molecule has 1 fully saturated rings. The molecule has 1 heterocycles. The van der Waals surface area contributed by atoms with E-state index in [1.54, 1.807) is 0 Å². The molecular weight excluding hydrogens is 644 g/mol. The number of aliphatic hydroxyl groups is 3. The minimum atomic E-state index is -4.59. The van der Waals surface area contributed by atoms with Crippen LogP contribution in [0.4, 0.5) is 0 Å². The van der Waals surface area contributed by atoms with Crippen LogP contribution in [0, 0.1) is 0 Å². The van der Waals surface area contributed by atoms with E-state index in [1.807, 2.05) is 0 Å². The first-order valence-corrected chi connectivity index (χ1v) is 19.9. The molecule has 0 aromatic rings. The molecule has 0 aliphatic carbocycles. The summed E-state index contributed by atoms with van der Waals surface area (Å²) >= 11 is 0. The monoisotopic (exact) mass is 708 g/mol. The molecule has 1 aliphatic heterocycles. The number of hydrogen-bond donors (Lipinski definition) is 4. The van der Waals surface area contributed by atoms with E-state index in [0.29, 0.717) is 12.8 Å². The maximum Gasteiger partial charge on any atom is 0.306 e. The van der Waals surface area contributed by atoms with Crippen LogP contribution >= 0.6 is 0 Å². The minimum Gasteiger partial charge on any atom is -0.462 e. The van der Waals surface area contributed by atoms with Crippen molar-refractivity contribution in [3.63, 3.8) is 0 Å². The molecule has 48 heavy (non-hydrogen) atoms. The summed E-state index contributed by atoms with van der Waals surface area (Å²) < 4.78 is 53.6. The second kappa shape index (κ2) is 27.2. The van der Waals surface area contributed by atoms with E-state index in [2.05, 4.69) is 26.0 Å². The van der Waals surface area contributed by atoms with Gasteiger partial charge in [0.1, 0.15) is 36.8 Å². The van der Waals surface area contributed by atoms with Gasteiger partial charge in [-0.15, -0.1) is 0 Å². The van der Waals surface area contributed by atoms with Crippen LogP contribution in [0.15, 0.2) is 12.2 Å². The standard InChI is InChI=1S/C35H64O12S/c1-3-5-7-9-11-12-13-14-15-16-18-19-21-23-30(36)44-25-28(46-31(37)24-22-20-17-10-8-6-4-2)26-45-35-34(40)33(39)32(38)29(47-35)27-48(41,42)43/h12-13,28-29,32-35,38-40H,3-11,14-27H2,1-2H3,(H,41,42,43)/b13-12+/t28-,29+,32+,33?,34?,35-/m1/s1. The van der Waals surface area contributed by atoms with E-state index in [1.165, 1.54) is 32.1 Å². The van der Waals surface area contributed by atoms with Crippen LogP contribution in [0.2, 0.25) is 0 Å². The number of carbonyl (C=O) groups excluding carboxylic acids is 2. The lowest BCUT2D eigenvalue weighted by molar-refractivity contribution is -0.297. The lowest BCUT2D eigenvalue weighted by atomic mass is 10.00. The van der Waals surface area contributed by atoms with Crippen molar-refractivity contribution in [2.75, 3.05) is 19.0 Å². The Morgan fingerprint density at radius 1 is 0.688 bits per heavy atom. The molecule has 1 saturated heterocycles. The lowest BCUT2D eigenvalue weighted by Gasteiger charge is -2.40. The molecule has 0 spiro atoms. The maximum atomic E-state index is 12.6. The second-order valence-corrected chi connectivity index (χ2v) is 14.4. The van der Waals surface area contributed by atoms with E-state index in [0.717, 1.165) is 70.6 Å². The third-order valence-corrected chi connectivity index (χ3v) is 9.10. The van der Waals surface area contributed by atoms with Crippen LogP contribution in [0.5, 0.6) is 0 Å². The predicted molar refractivity (Wildman–Crippen MR) is 183 cm³/mol. The van der Waals surface area contributed by atoms with Crippen molar-refractivity contribution in [1.29, 1.82) is 0 Å². The van der Waals surface area contributed by atoms with Crippen molar-refractivity contribution in [3.8, 4) is 0 Å². The summed E-state index contributed by atoms with van der Waals surface area (Å²) in [6.45, 7) is 3.64. The Bertz CT molecular complexity index is 973. The predicted octanol–water partition coefficient (Wildman–Crippen LogP) is 5.55. The van der Waals surface area contributed by atoms with Gasteiger partial charge in [0.2, 0.25) is 0 Å². The van der Waals surface area contributed by atoms with Crippen LogP contribution in [-0.4, -0.2) is 96.0 Å². The normalized spacial score (nSPS) is 22.2. The van der Waals surface area contributed by atoms with E-state index in [4.69, 9.17) is 23.5 Å². The minimum absolute atomic E-state index is 0.164. The Hall–Kier alpha value is -1.61. The molecule has 282 valence electrons. The molecule has 0 amide bonds. The van der Waals surface area contributed by atoms with Gasteiger partial charge in [-0.25, -0.2) is 0 Å². The van der Waals surface area contributed by atoms with Crippen molar-refractivity contribution in [1.82, 2.24) is 0 Å². The molecular formula is C35H64O12S. The average Bonchev–Trinajstić information content (AvgIpc) is 3.04. The van der Waals surface area contributed by atoms with E-state index >= 15 is 0 Å². The van der Waals surface area contributed by atoms with Gasteiger partial charge in [-0.2, -0.15) is 8.42 Å². The Balaban J connectivity index is 2.53. The smallest absolute Gasteiger partial charge is 0.306 e. The van der Waals surface area contributed by atoms with Crippen molar-refractivity contribution in [3.05, 3.63) is 12.2 Å². The number of unbranched alkanes of at least 4 members (excludes halogenated alkanes) is 15. The topological polar surface area (TPSA) is 186 Å². The summed E-state index contributed by atoms with van der Waals surface area (Å²) in [5.74, 6) is -2.00. The second-order valence-electron chi connectivity index (χ2n) is 12.9. The van der Waals surface area contributed by atoms with Crippen LogP contribution < -0.4 is 0 Å². The molecule has 0 radical (unpaired) electrons.